The van der Waals surface area contributed by atoms with E-state index in [2.05, 4.69) is 6.07 Å². The zero-order chi connectivity index (χ0) is 15.7. The summed E-state index contributed by atoms with van der Waals surface area (Å²) in [5.74, 6) is -2.59. The molecule has 0 N–H and O–H groups in total. The van der Waals surface area contributed by atoms with Crippen molar-refractivity contribution in [3.8, 4) is 22.3 Å². The van der Waals surface area contributed by atoms with Crippen molar-refractivity contribution in [1.82, 2.24) is 0 Å². The fraction of sp³-hybridized carbons (Fsp3) is 0. The number of halogens is 4. The Morgan fingerprint density at radius 3 is 2.04 bits per heavy atom. The topological polar surface area (TPSA) is 0 Å². The molecule has 0 spiro atoms. The van der Waals surface area contributed by atoms with Crippen molar-refractivity contribution in [2.24, 2.45) is 0 Å². The molecule has 23 heavy (non-hydrogen) atoms. The second-order valence-corrected chi connectivity index (χ2v) is 5.87. The fourth-order valence-electron chi connectivity index (χ4n) is 2.23. The van der Waals surface area contributed by atoms with E-state index in [1.165, 1.54) is 24.3 Å². The predicted molar refractivity (Wildman–Crippen MR) is 88.7 cm³/mol. The Morgan fingerprint density at radius 1 is 0.739 bits per heavy atom. The van der Waals surface area contributed by atoms with Crippen LogP contribution in [0.5, 0.6) is 0 Å². The van der Waals surface area contributed by atoms with Crippen molar-refractivity contribution in [2.75, 3.05) is 0 Å². The van der Waals surface area contributed by atoms with Gasteiger partial charge in [-0.15, -0.1) is 5.56 Å². The van der Waals surface area contributed by atoms with E-state index < -0.39 is 17.5 Å². The molecular weight excluding hydrogens is 541 g/mol. The first-order valence-electron chi connectivity index (χ1n) is 6.48. The van der Waals surface area contributed by atoms with Crippen LogP contribution in [0.3, 0.4) is 0 Å². The minimum absolute atomic E-state index is 0. The van der Waals surface area contributed by atoms with Crippen LogP contribution in [0.4, 0.5) is 13.2 Å². The first-order valence-corrected chi connectivity index (χ1v) is 7.55. The summed E-state index contributed by atoms with van der Waals surface area (Å²) in [6.07, 6.45) is 0. The van der Waals surface area contributed by atoms with Crippen molar-refractivity contribution in [3.05, 3.63) is 81.7 Å². The number of rotatable bonds is 2. The maximum Gasteiger partial charge on any atom is 0.172 e. The van der Waals surface area contributed by atoms with Gasteiger partial charge in [-0.2, -0.15) is 30.3 Å². The molecule has 0 nitrogen and oxygen atoms in total. The van der Waals surface area contributed by atoms with E-state index in [0.29, 0.717) is 5.56 Å². The van der Waals surface area contributed by atoms with Crippen molar-refractivity contribution >= 4 is 22.6 Å². The molecule has 1 radical (unpaired) electrons. The van der Waals surface area contributed by atoms with Crippen LogP contribution >= 0.6 is 22.6 Å². The van der Waals surface area contributed by atoms with Gasteiger partial charge in [-0.05, 0) is 40.3 Å². The maximum absolute atomic E-state index is 14.3. The Bertz CT molecular complexity index is 835. The molecule has 0 saturated carbocycles. The molecule has 0 heterocycles. The third-order valence-electron chi connectivity index (χ3n) is 3.35. The summed E-state index contributed by atoms with van der Waals surface area (Å²) in [7, 11) is 0. The molecule has 0 aliphatic rings. The van der Waals surface area contributed by atoms with Crippen LogP contribution in [0.15, 0.2) is 54.6 Å². The Morgan fingerprint density at radius 2 is 1.39 bits per heavy atom. The molecule has 0 unspecified atom stereocenters. The van der Waals surface area contributed by atoms with Gasteiger partial charge in [0.1, 0.15) is 5.82 Å². The molecule has 0 bridgehead atoms. The van der Waals surface area contributed by atoms with E-state index >= 15 is 0 Å². The molecule has 3 aromatic rings. The molecule has 3 aromatic carbocycles. The van der Waals surface area contributed by atoms with Crippen LogP contribution < -0.4 is 0 Å². The van der Waals surface area contributed by atoms with Crippen LogP contribution in [-0.4, -0.2) is 0 Å². The normalized spacial score (nSPS) is 10.3. The van der Waals surface area contributed by atoms with E-state index in [1.807, 2.05) is 0 Å². The monoisotopic (exact) mass is 550 g/mol. The molecule has 113 valence electrons. The standard InChI is InChI=1S/C18H9F3I.Pr/c19-15-10-12(11-4-2-1-3-5-11)6-7-13(15)14-8-9-16(22)18(21)17(14)20;/h2-10H;/q-1;. The summed E-state index contributed by atoms with van der Waals surface area (Å²) in [4.78, 5) is 0. The first-order chi connectivity index (χ1) is 10.6. The Labute approximate surface area is 179 Å². The molecule has 0 aliphatic heterocycles. The second kappa shape index (κ2) is 8.08. The van der Waals surface area contributed by atoms with E-state index in [9.17, 15) is 13.2 Å². The van der Waals surface area contributed by atoms with E-state index in [4.69, 9.17) is 0 Å². The first kappa shape index (κ1) is 18.9. The van der Waals surface area contributed by atoms with Crippen molar-refractivity contribution in [3.63, 3.8) is 0 Å². The van der Waals surface area contributed by atoms with E-state index in [-0.39, 0.29) is 56.0 Å². The summed E-state index contributed by atoms with van der Waals surface area (Å²) in [6, 6.07) is 17.2. The van der Waals surface area contributed by atoms with Gasteiger partial charge in [0, 0.05) is 52.4 Å². The van der Waals surface area contributed by atoms with Gasteiger partial charge >= 0.3 is 0 Å². The van der Waals surface area contributed by atoms with Crippen LogP contribution in [0, 0.1) is 68.4 Å². The Hall–Kier alpha value is -0.456. The SMILES string of the molecule is Fc1cc(-c2cc[c-]cc2)ccc1-c1ccc(I)c(F)c1F.[Pr]. The zero-order valence-corrected chi connectivity index (χ0v) is 17.6. The summed E-state index contributed by atoms with van der Waals surface area (Å²) in [5.41, 5.74) is 1.46. The smallest absolute Gasteiger partial charge is 0.172 e. The van der Waals surface area contributed by atoms with Gasteiger partial charge in [0.25, 0.3) is 0 Å². The van der Waals surface area contributed by atoms with Crippen LogP contribution in [0.2, 0.25) is 0 Å². The minimum atomic E-state index is -1.03. The predicted octanol–water partition coefficient (Wildman–Crippen LogP) is 5.84. The van der Waals surface area contributed by atoms with Gasteiger partial charge in [0.2, 0.25) is 0 Å². The van der Waals surface area contributed by atoms with E-state index in [0.717, 1.165) is 5.56 Å². The molecule has 0 aromatic heterocycles. The summed E-state index contributed by atoms with van der Waals surface area (Å²) in [6.45, 7) is 0. The zero-order valence-electron chi connectivity index (χ0n) is 11.8. The fourth-order valence-corrected chi connectivity index (χ4v) is 2.64. The summed E-state index contributed by atoms with van der Waals surface area (Å²) < 4.78 is 42.1. The third kappa shape index (κ3) is 3.97. The van der Waals surface area contributed by atoms with Gasteiger partial charge in [-0.1, -0.05) is 18.2 Å². The molecule has 0 fully saturated rings. The van der Waals surface area contributed by atoms with Crippen molar-refractivity contribution < 1.29 is 54.5 Å². The van der Waals surface area contributed by atoms with Gasteiger partial charge in [-0.25, -0.2) is 13.2 Å². The van der Waals surface area contributed by atoms with Gasteiger partial charge in [0.05, 0.1) is 3.57 Å². The quantitative estimate of drug-likeness (QED) is 0.214. The van der Waals surface area contributed by atoms with Crippen LogP contribution in [0.1, 0.15) is 0 Å². The number of hydrogen-bond acceptors (Lipinski definition) is 0. The molecule has 5 heteroatoms. The van der Waals surface area contributed by atoms with Crippen molar-refractivity contribution in [1.29, 1.82) is 0 Å². The van der Waals surface area contributed by atoms with Crippen molar-refractivity contribution in [2.45, 2.75) is 0 Å². The molecule has 3 rings (SSSR count). The van der Waals surface area contributed by atoms with Gasteiger partial charge in [0.15, 0.2) is 11.6 Å². The molecule has 0 amide bonds. The molecule has 0 aliphatic carbocycles. The average molecular weight is 550 g/mol. The molecule has 0 atom stereocenters. The molecular formula is C18H9F3IPr-. The average Bonchev–Trinajstić information content (AvgIpc) is 2.54. The van der Waals surface area contributed by atoms with E-state index in [1.54, 1.807) is 52.9 Å². The summed E-state index contributed by atoms with van der Waals surface area (Å²) >= 11 is 1.70. The third-order valence-corrected chi connectivity index (χ3v) is 4.18. The number of hydrogen-bond donors (Lipinski definition) is 0. The van der Waals surface area contributed by atoms with Gasteiger partial charge in [-0.3, -0.25) is 0 Å². The van der Waals surface area contributed by atoms with Gasteiger partial charge < -0.3 is 0 Å². The molecule has 0 saturated heterocycles. The summed E-state index contributed by atoms with van der Waals surface area (Å²) in [5, 5.41) is 0. The van der Waals surface area contributed by atoms with Crippen LogP contribution in [0.25, 0.3) is 22.3 Å². The second-order valence-electron chi connectivity index (χ2n) is 4.71. The Kier molecular flexibility index (Phi) is 6.63. The largest absolute Gasteiger partial charge is 0.206 e. The van der Waals surface area contributed by atoms with Crippen LogP contribution in [-0.2, 0) is 0 Å². The Balaban J connectivity index is 0.00000192. The number of benzene rings is 3. The minimum Gasteiger partial charge on any atom is -0.206 e. The maximum atomic E-state index is 14.3.